The molecule has 0 saturated carbocycles. The number of anilines is 1. The standard InChI is InChI=1S/C22H21N3O4.C5H14N2/c1-27-17-10-15(11-18(28-2)21(17)29-3)20(23)19-16(7-8-25-22(19)24)14-6-4-5-13(9-14)12-26;1-6-4-5-7(2)3/h4-12,23H,1-3H3,(H2,24,25);6H,4-5H2,1-3H3. The monoisotopic (exact) mass is 493 g/mol. The predicted octanol–water partition coefficient (Wildman–Crippen LogP) is 3.35. The summed E-state index contributed by atoms with van der Waals surface area (Å²) in [6.45, 7) is 2.20. The van der Waals surface area contributed by atoms with Crippen LogP contribution in [0.2, 0.25) is 0 Å². The molecular formula is C27H35N5O4. The maximum Gasteiger partial charge on any atom is 0.203 e. The molecule has 0 aliphatic heterocycles. The van der Waals surface area contributed by atoms with Crippen molar-refractivity contribution in [2.45, 2.75) is 0 Å². The number of benzene rings is 2. The summed E-state index contributed by atoms with van der Waals surface area (Å²) in [7, 11) is 10.6. The molecule has 36 heavy (non-hydrogen) atoms. The van der Waals surface area contributed by atoms with Crippen molar-refractivity contribution in [3.8, 4) is 28.4 Å². The first-order chi connectivity index (χ1) is 17.3. The maximum absolute atomic E-state index is 11.2. The molecule has 2 aromatic carbocycles. The molecule has 3 aromatic rings. The number of nitrogen functional groups attached to an aromatic ring is 1. The third-order valence-electron chi connectivity index (χ3n) is 5.33. The van der Waals surface area contributed by atoms with Gasteiger partial charge in [0.05, 0.1) is 32.6 Å². The SMILES string of the molecule is CNCCN(C)C.COc1cc(C(=N)c2c(-c3cccc(C=O)c3)ccnc2N)cc(OC)c1OC. The minimum Gasteiger partial charge on any atom is -0.493 e. The Morgan fingerprint density at radius 1 is 1.08 bits per heavy atom. The lowest BCUT2D eigenvalue weighted by molar-refractivity contribution is 0.112. The molecule has 9 nitrogen and oxygen atoms in total. The van der Waals surface area contributed by atoms with Crippen LogP contribution in [0.25, 0.3) is 11.1 Å². The van der Waals surface area contributed by atoms with Crippen LogP contribution in [0.3, 0.4) is 0 Å². The van der Waals surface area contributed by atoms with Crippen molar-refractivity contribution in [2.75, 3.05) is 61.3 Å². The van der Waals surface area contributed by atoms with Crippen molar-refractivity contribution >= 4 is 17.8 Å². The summed E-state index contributed by atoms with van der Waals surface area (Å²) in [6, 6.07) is 12.2. The molecule has 0 spiro atoms. The Bertz CT molecular complexity index is 1160. The van der Waals surface area contributed by atoms with Gasteiger partial charge in [-0.1, -0.05) is 18.2 Å². The van der Waals surface area contributed by atoms with Crippen LogP contribution >= 0.6 is 0 Å². The smallest absolute Gasteiger partial charge is 0.203 e. The summed E-state index contributed by atoms with van der Waals surface area (Å²) in [4.78, 5) is 17.5. The van der Waals surface area contributed by atoms with Crippen molar-refractivity contribution in [3.63, 3.8) is 0 Å². The molecule has 192 valence electrons. The van der Waals surface area contributed by atoms with E-state index in [1.54, 1.807) is 42.6 Å². The van der Waals surface area contributed by atoms with Gasteiger partial charge in [-0.05, 0) is 56.5 Å². The number of pyridine rings is 1. The van der Waals surface area contributed by atoms with E-state index in [2.05, 4.69) is 29.3 Å². The van der Waals surface area contributed by atoms with Crippen LogP contribution in [-0.2, 0) is 0 Å². The van der Waals surface area contributed by atoms with Crippen molar-refractivity contribution in [2.24, 2.45) is 0 Å². The zero-order chi connectivity index (χ0) is 26.7. The highest BCUT2D eigenvalue weighted by atomic mass is 16.5. The lowest BCUT2D eigenvalue weighted by Gasteiger charge is -2.17. The Hall–Kier alpha value is -3.95. The second-order valence-corrected chi connectivity index (χ2v) is 8.06. The molecule has 0 aliphatic rings. The maximum atomic E-state index is 11.2. The fourth-order valence-electron chi connectivity index (χ4n) is 3.47. The first-order valence-corrected chi connectivity index (χ1v) is 11.3. The minimum atomic E-state index is 0.140. The summed E-state index contributed by atoms with van der Waals surface area (Å²) < 4.78 is 16.1. The number of carbonyl (C=O) groups is 1. The number of carbonyl (C=O) groups excluding carboxylic acids is 1. The Morgan fingerprint density at radius 2 is 1.75 bits per heavy atom. The number of methoxy groups -OCH3 is 3. The summed E-state index contributed by atoms with van der Waals surface area (Å²) in [5.74, 6) is 1.50. The van der Waals surface area contributed by atoms with Gasteiger partial charge in [0.25, 0.3) is 0 Å². The number of hydrogen-bond acceptors (Lipinski definition) is 9. The molecule has 0 radical (unpaired) electrons. The quantitative estimate of drug-likeness (QED) is 0.290. The third kappa shape index (κ3) is 7.03. The van der Waals surface area contributed by atoms with E-state index in [4.69, 9.17) is 25.4 Å². The number of aldehydes is 1. The van der Waals surface area contributed by atoms with Crippen LogP contribution in [0.1, 0.15) is 21.5 Å². The van der Waals surface area contributed by atoms with Gasteiger partial charge < -0.3 is 30.2 Å². The van der Waals surface area contributed by atoms with Gasteiger partial charge in [0.15, 0.2) is 11.5 Å². The minimum absolute atomic E-state index is 0.140. The number of nitrogens with one attached hydrogen (secondary N) is 2. The summed E-state index contributed by atoms with van der Waals surface area (Å²) in [5.41, 5.74) is 9.25. The lowest BCUT2D eigenvalue weighted by Crippen LogP contribution is -2.23. The van der Waals surface area contributed by atoms with E-state index in [-0.39, 0.29) is 11.5 Å². The van der Waals surface area contributed by atoms with Gasteiger partial charge in [-0.25, -0.2) is 4.98 Å². The Labute approximate surface area is 212 Å². The topological polar surface area (TPSA) is 123 Å². The third-order valence-corrected chi connectivity index (χ3v) is 5.33. The van der Waals surface area contributed by atoms with Gasteiger partial charge in [-0.2, -0.15) is 0 Å². The number of aromatic nitrogens is 1. The molecule has 0 fully saturated rings. The van der Waals surface area contributed by atoms with E-state index in [0.717, 1.165) is 24.9 Å². The summed E-state index contributed by atoms with van der Waals surface area (Å²) in [5, 5.41) is 11.9. The van der Waals surface area contributed by atoms with Gasteiger partial charge >= 0.3 is 0 Å². The normalized spacial score (nSPS) is 10.3. The fourth-order valence-corrected chi connectivity index (χ4v) is 3.47. The highest BCUT2D eigenvalue weighted by Crippen LogP contribution is 2.39. The van der Waals surface area contributed by atoms with E-state index in [0.29, 0.717) is 39.5 Å². The second kappa shape index (κ2) is 13.8. The van der Waals surface area contributed by atoms with Crippen LogP contribution in [0.5, 0.6) is 17.2 Å². The Kier molecular flexibility index (Phi) is 10.9. The molecule has 0 aliphatic carbocycles. The van der Waals surface area contributed by atoms with E-state index in [9.17, 15) is 4.79 Å². The van der Waals surface area contributed by atoms with Crippen molar-refractivity contribution < 1.29 is 19.0 Å². The molecule has 0 saturated heterocycles. The van der Waals surface area contributed by atoms with Crippen LogP contribution < -0.4 is 25.3 Å². The molecular weight excluding hydrogens is 458 g/mol. The Morgan fingerprint density at radius 3 is 2.25 bits per heavy atom. The number of likely N-dealkylation sites (N-methyl/N-ethyl adjacent to an activating group) is 2. The fraction of sp³-hybridized carbons (Fsp3) is 0.296. The number of ether oxygens (including phenoxy) is 3. The zero-order valence-corrected chi connectivity index (χ0v) is 21.7. The predicted molar refractivity (Wildman–Crippen MR) is 144 cm³/mol. The molecule has 9 heteroatoms. The number of hydrogen-bond donors (Lipinski definition) is 3. The van der Waals surface area contributed by atoms with Gasteiger partial charge in [0.1, 0.15) is 12.1 Å². The largest absolute Gasteiger partial charge is 0.493 e. The highest BCUT2D eigenvalue weighted by molar-refractivity contribution is 6.17. The molecule has 1 aromatic heterocycles. The van der Waals surface area contributed by atoms with Gasteiger partial charge in [-0.3, -0.25) is 10.2 Å². The highest BCUT2D eigenvalue weighted by Gasteiger charge is 2.20. The van der Waals surface area contributed by atoms with Gasteiger partial charge in [0, 0.05) is 30.4 Å². The Balaban J connectivity index is 0.000000572. The van der Waals surface area contributed by atoms with E-state index in [1.807, 2.05) is 13.1 Å². The summed E-state index contributed by atoms with van der Waals surface area (Å²) >= 11 is 0. The van der Waals surface area contributed by atoms with Crippen molar-refractivity contribution in [3.05, 3.63) is 65.4 Å². The zero-order valence-electron chi connectivity index (χ0n) is 21.7. The van der Waals surface area contributed by atoms with Crippen molar-refractivity contribution in [1.29, 1.82) is 5.41 Å². The molecule has 0 atom stereocenters. The van der Waals surface area contributed by atoms with Crippen LogP contribution in [0, 0.1) is 5.41 Å². The van der Waals surface area contributed by atoms with E-state index < -0.39 is 0 Å². The molecule has 4 N–H and O–H groups in total. The molecule has 1 heterocycles. The average molecular weight is 494 g/mol. The van der Waals surface area contributed by atoms with Gasteiger partial charge in [0.2, 0.25) is 5.75 Å². The van der Waals surface area contributed by atoms with Crippen LogP contribution in [0.15, 0.2) is 48.7 Å². The average Bonchev–Trinajstić information content (AvgIpc) is 2.90. The number of rotatable bonds is 10. The first-order valence-electron chi connectivity index (χ1n) is 11.3. The van der Waals surface area contributed by atoms with Crippen molar-refractivity contribution in [1.82, 2.24) is 15.2 Å². The first kappa shape index (κ1) is 28.3. The number of nitrogens with zero attached hydrogens (tertiary/aromatic N) is 2. The molecule has 0 bridgehead atoms. The second-order valence-electron chi connectivity index (χ2n) is 8.06. The lowest BCUT2D eigenvalue weighted by atomic mass is 9.93. The molecule has 0 amide bonds. The van der Waals surface area contributed by atoms with Gasteiger partial charge in [-0.15, -0.1) is 0 Å². The number of nitrogens with two attached hydrogens (primary N) is 1. The van der Waals surface area contributed by atoms with Crippen LogP contribution in [0.4, 0.5) is 5.82 Å². The summed E-state index contributed by atoms with van der Waals surface area (Å²) in [6.07, 6.45) is 2.35. The van der Waals surface area contributed by atoms with E-state index in [1.165, 1.54) is 21.3 Å². The molecule has 0 unspecified atom stereocenters. The van der Waals surface area contributed by atoms with Crippen LogP contribution in [-0.4, -0.2) is 77.4 Å². The van der Waals surface area contributed by atoms with E-state index >= 15 is 0 Å². The molecule has 3 rings (SSSR count).